The predicted octanol–water partition coefficient (Wildman–Crippen LogP) is 5.19. The molecule has 18 heavy (non-hydrogen) atoms. The summed E-state index contributed by atoms with van der Waals surface area (Å²) in [7, 11) is 0. The number of anilines is 1. The topological polar surface area (TPSA) is 12.0 Å². The standard InChI is InChI=1S/C17H27N/c1-14(2)16-9-11-17(12-10-16)18-13-15-7-5-3-4-6-8-15/h9-12,14-15,18H,3-8,13H2,1-2H3. The van der Waals surface area contributed by atoms with Crippen LogP contribution in [-0.2, 0) is 0 Å². The van der Waals surface area contributed by atoms with Gasteiger partial charge in [-0.15, -0.1) is 0 Å². The van der Waals surface area contributed by atoms with Crippen LogP contribution in [0.5, 0.6) is 0 Å². The zero-order valence-electron chi connectivity index (χ0n) is 11.9. The second-order valence-electron chi connectivity index (χ2n) is 6.02. The second-order valence-corrected chi connectivity index (χ2v) is 6.02. The Morgan fingerprint density at radius 1 is 1.00 bits per heavy atom. The highest BCUT2D eigenvalue weighted by molar-refractivity contribution is 5.45. The minimum atomic E-state index is 0.626. The second kappa shape index (κ2) is 6.82. The third-order valence-corrected chi connectivity index (χ3v) is 4.15. The molecule has 0 saturated heterocycles. The molecule has 0 aliphatic heterocycles. The van der Waals surface area contributed by atoms with Crippen LogP contribution in [0.1, 0.15) is 63.9 Å². The molecule has 1 N–H and O–H groups in total. The van der Waals surface area contributed by atoms with Gasteiger partial charge in [0.15, 0.2) is 0 Å². The van der Waals surface area contributed by atoms with Gasteiger partial charge >= 0.3 is 0 Å². The Kier molecular flexibility index (Phi) is 5.10. The minimum Gasteiger partial charge on any atom is -0.385 e. The molecule has 0 atom stereocenters. The fourth-order valence-corrected chi connectivity index (χ4v) is 2.82. The number of benzene rings is 1. The third-order valence-electron chi connectivity index (χ3n) is 4.15. The van der Waals surface area contributed by atoms with E-state index in [0.717, 1.165) is 12.5 Å². The highest BCUT2D eigenvalue weighted by atomic mass is 14.9. The maximum atomic E-state index is 3.61. The quantitative estimate of drug-likeness (QED) is 0.720. The van der Waals surface area contributed by atoms with Crippen LogP contribution < -0.4 is 5.32 Å². The van der Waals surface area contributed by atoms with Gasteiger partial charge in [0.25, 0.3) is 0 Å². The summed E-state index contributed by atoms with van der Waals surface area (Å²) in [6.07, 6.45) is 8.57. The van der Waals surface area contributed by atoms with Crippen LogP contribution in [0.4, 0.5) is 5.69 Å². The Hall–Kier alpha value is -0.980. The summed E-state index contributed by atoms with van der Waals surface area (Å²) < 4.78 is 0. The van der Waals surface area contributed by atoms with Crippen LogP contribution >= 0.6 is 0 Å². The van der Waals surface area contributed by atoms with Gasteiger partial charge in [-0.1, -0.05) is 51.7 Å². The summed E-state index contributed by atoms with van der Waals surface area (Å²) in [5.41, 5.74) is 2.71. The lowest BCUT2D eigenvalue weighted by Crippen LogP contribution is -2.13. The lowest BCUT2D eigenvalue weighted by Gasteiger charge is -2.16. The minimum absolute atomic E-state index is 0.626. The Morgan fingerprint density at radius 3 is 2.17 bits per heavy atom. The first-order valence-corrected chi connectivity index (χ1v) is 7.59. The smallest absolute Gasteiger partial charge is 0.0340 e. The molecule has 0 unspecified atom stereocenters. The van der Waals surface area contributed by atoms with Crippen LogP contribution in [0.25, 0.3) is 0 Å². The van der Waals surface area contributed by atoms with Gasteiger partial charge in [0.05, 0.1) is 0 Å². The maximum Gasteiger partial charge on any atom is 0.0340 e. The van der Waals surface area contributed by atoms with Gasteiger partial charge in [-0.05, 0) is 42.4 Å². The van der Waals surface area contributed by atoms with E-state index in [-0.39, 0.29) is 0 Å². The summed E-state index contributed by atoms with van der Waals surface area (Å²) >= 11 is 0. The maximum absolute atomic E-state index is 3.61. The zero-order valence-corrected chi connectivity index (χ0v) is 11.9. The molecule has 1 aliphatic rings. The van der Waals surface area contributed by atoms with Crippen LogP contribution in [-0.4, -0.2) is 6.54 Å². The molecule has 1 heteroatoms. The van der Waals surface area contributed by atoms with Gasteiger partial charge in [0.2, 0.25) is 0 Å². The predicted molar refractivity (Wildman–Crippen MR) is 80.2 cm³/mol. The van der Waals surface area contributed by atoms with Crippen molar-refractivity contribution in [3.63, 3.8) is 0 Å². The number of rotatable bonds is 4. The first kappa shape index (κ1) is 13.5. The largest absolute Gasteiger partial charge is 0.385 e. The van der Waals surface area contributed by atoms with E-state index >= 15 is 0 Å². The van der Waals surface area contributed by atoms with Crippen molar-refractivity contribution in [2.75, 3.05) is 11.9 Å². The monoisotopic (exact) mass is 245 g/mol. The molecule has 0 heterocycles. The SMILES string of the molecule is CC(C)c1ccc(NCC2CCCCCC2)cc1. The summed E-state index contributed by atoms with van der Waals surface area (Å²) in [6, 6.07) is 8.96. The summed E-state index contributed by atoms with van der Waals surface area (Å²) in [5.74, 6) is 1.51. The molecule has 0 radical (unpaired) electrons. The van der Waals surface area contributed by atoms with E-state index in [1.165, 1.54) is 49.8 Å². The van der Waals surface area contributed by atoms with Crippen molar-refractivity contribution in [1.82, 2.24) is 0 Å². The average molecular weight is 245 g/mol. The zero-order chi connectivity index (χ0) is 12.8. The van der Waals surface area contributed by atoms with Crippen molar-refractivity contribution in [1.29, 1.82) is 0 Å². The Labute approximate surface area is 112 Å². The molecular formula is C17H27N. The summed E-state index contributed by atoms with van der Waals surface area (Å²) in [5, 5.41) is 3.61. The third kappa shape index (κ3) is 4.04. The average Bonchev–Trinajstić information content (AvgIpc) is 2.65. The van der Waals surface area contributed by atoms with Crippen molar-refractivity contribution in [3.05, 3.63) is 29.8 Å². The molecule has 1 saturated carbocycles. The van der Waals surface area contributed by atoms with E-state index in [4.69, 9.17) is 0 Å². The number of hydrogen-bond acceptors (Lipinski definition) is 1. The van der Waals surface area contributed by atoms with Gasteiger partial charge < -0.3 is 5.32 Å². The molecule has 1 nitrogen and oxygen atoms in total. The van der Waals surface area contributed by atoms with Crippen LogP contribution in [0, 0.1) is 5.92 Å². The lowest BCUT2D eigenvalue weighted by molar-refractivity contribution is 0.483. The van der Waals surface area contributed by atoms with Crippen molar-refractivity contribution in [2.45, 2.75) is 58.3 Å². The summed E-state index contributed by atoms with van der Waals surface area (Å²) in [4.78, 5) is 0. The van der Waals surface area contributed by atoms with E-state index in [0.29, 0.717) is 5.92 Å². The highest BCUT2D eigenvalue weighted by Crippen LogP contribution is 2.23. The fraction of sp³-hybridized carbons (Fsp3) is 0.647. The molecule has 2 rings (SSSR count). The fourth-order valence-electron chi connectivity index (χ4n) is 2.82. The van der Waals surface area contributed by atoms with E-state index < -0.39 is 0 Å². The van der Waals surface area contributed by atoms with Gasteiger partial charge in [0.1, 0.15) is 0 Å². The Balaban J connectivity index is 1.81. The van der Waals surface area contributed by atoms with Crippen LogP contribution in [0.15, 0.2) is 24.3 Å². The van der Waals surface area contributed by atoms with Crippen molar-refractivity contribution >= 4 is 5.69 Å². The van der Waals surface area contributed by atoms with E-state index in [2.05, 4.69) is 43.4 Å². The molecular weight excluding hydrogens is 218 g/mol. The molecule has 1 aromatic carbocycles. The summed E-state index contributed by atoms with van der Waals surface area (Å²) in [6.45, 7) is 5.64. The molecule has 1 fully saturated rings. The van der Waals surface area contributed by atoms with Crippen molar-refractivity contribution in [3.8, 4) is 0 Å². The first-order valence-electron chi connectivity index (χ1n) is 7.59. The molecule has 100 valence electrons. The van der Waals surface area contributed by atoms with Gasteiger partial charge in [0, 0.05) is 12.2 Å². The number of nitrogens with one attached hydrogen (secondary N) is 1. The van der Waals surface area contributed by atoms with Crippen molar-refractivity contribution in [2.24, 2.45) is 5.92 Å². The molecule has 0 aromatic heterocycles. The van der Waals surface area contributed by atoms with Crippen molar-refractivity contribution < 1.29 is 0 Å². The lowest BCUT2D eigenvalue weighted by atomic mass is 10.00. The van der Waals surface area contributed by atoms with Crippen LogP contribution in [0.2, 0.25) is 0 Å². The number of hydrogen-bond donors (Lipinski definition) is 1. The van der Waals surface area contributed by atoms with Gasteiger partial charge in [-0.25, -0.2) is 0 Å². The molecule has 1 aliphatic carbocycles. The van der Waals surface area contributed by atoms with Gasteiger partial charge in [-0.2, -0.15) is 0 Å². The van der Waals surface area contributed by atoms with E-state index in [9.17, 15) is 0 Å². The molecule has 0 amide bonds. The molecule has 1 aromatic rings. The highest BCUT2D eigenvalue weighted by Gasteiger charge is 2.11. The van der Waals surface area contributed by atoms with E-state index in [1.54, 1.807) is 0 Å². The van der Waals surface area contributed by atoms with Crippen LogP contribution in [0.3, 0.4) is 0 Å². The Bertz CT molecular complexity index is 331. The Morgan fingerprint density at radius 2 is 1.61 bits per heavy atom. The molecule has 0 bridgehead atoms. The van der Waals surface area contributed by atoms with E-state index in [1.807, 2.05) is 0 Å². The normalized spacial score (nSPS) is 17.7. The molecule has 0 spiro atoms. The first-order chi connectivity index (χ1) is 8.75. The van der Waals surface area contributed by atoms with Gasteiger partial charge in [-0.3, -0.25) is 0 Å².